The van der Waals surface area contributed by atoms with Crippen LogP contribution in [0.5, 0.6) is 0 Å². The highest BCUT2D eigenvalue weighted by molar-refractivity contribution is 14.1. The first kappa shape index (κ1) is 8.46. The zero-order valence-corrected chi connectivity index (χ0v) is 9.07. The van der Waals surface area contributed by atoms with E-state index in [9.17, 15) is 0 Å². The summed E-state index contributed by atoms with van der Waals surface area (Å²) in [6.45, 7) is 5.88. The van der Waals surface area contributed by atoms with Crippen molar-refractivity contribution in [2.24, 2.45) is 0 Å². The molecule has 0 fully saturated rings. The van der Waals surface area contributed by atoms with Gasteiger partial charge in [-0.05, 0) is 29.5 Å². The Bertz CT molecular complexity index is 188. The third-order valence-electron chi connectivity index (χ3n) is 1.60. The van der Waals surface area contributed by atoms with E-state index in [-0.39, 0.29) is 0 Å². The van der Waals surface area contributed by atoms with Gasteiger partial charge in [0.05, 0.1) is 0 Å². The highest BCUT2D eigenvalue weighted by atomic mass is 127. The van der Waals surface area contributed by atoms with Crippen LogP contribution in [0.1, 0.15) is 6.92 Å². The molecule has 0 aliphatic carbocycles. The molecular formula is C7H10INS. The number of halogens is 1. The third kappa shape index (κ3) is 1.34. The van der Waals surface area contributed by atoms with Crippen molar-refractivity contribution in [3.8, 4) is 0 Å². The van der Waals surface area contributed by atoms with E-state index in [2.05, 4.69) is 48.0 Å². The molecule has 0 aromatic carbocycles. The van der Waals surface area contributed by atoms with Crippen molar-refractivity contribution in [2.45, 2.75) is 10.3 Å². The SMILES string of the molecule is C=CC1=C(C)N(C)C(I)S1. The Morgan fingerprint density at radius 1 is 1.80 bits per heavy atom. The van der Waals surface area contributed by atoms with Crippen LogP contribution in [0.2, 0.25) is 0 Å². The summed E-state index contributed by atoms with van der Waals surface area (Å²) in [4.78, 5) is 3.56. The van der Waals surface area contributed by atoms with E-state index in [0.717, 1.165) is 0 Å². The van der Waals surface area contributed by atoms with E-state index in [1.54, 1.807) is 0 Å². The molecule has 1 unspecified atom stereocenters. The van der Waals surface area contributed by atoms with Crippen molar-refractivity contribution in [3.63, 3.8) is 0 Å². The Morgan fingerprint density at radius 2 is 2.40 bits per heavy atom. The van der Waals surface area contributed by atoms with Gasteiger partial charge in [0.25, 0.3) is 0 Å². The van der Waals surface area contributed by atoms with Gasteiger partial charge >= 0.3 is 0 Å². The zero-order chi connectivity index (χ0) is 7.72. The maximum Gasteiger partial charge on any atom is 0.131 e. The highest BCUT2D eigenvalue weighted by Gasteiger charge is 2.22. The first-order chi connectivity index (χ1) is 4.66. The molecule has 0 bridgehead atoms. The largest absolute Gasteiger partial charge is 0.357 e. The van der Waals surface area contributed by atoms with E-state index >= 15 is 0 Å². The Morgan fingerprint density at radius 3 is 2.60 bits per heavy atom. The monoisotopic (exact) mass is 267 g/mol. The quantitative estimate of drug-likeness (QED) is 0.408. The molecule has 0 saturated carbocycles. The summed E-state index contributed by atoms with van der Waals surface area (Å²) in [5, 5.41) is 0. The summed E-state index contributed by atoms with van der Waals surface area (Å²) < 4.78 is 0.547. The molecule has 1 aliphatic rings. The highest BCUT2D eigenvalue weighted by Crippen LogP contribution is 2.40. The van der Waals surface area contributed by atoms with Gasteiger partial charge in [0.2, 0.25) is 0 Å². The predicted octanol–water partition coefficient (Wildman–Crippen LogP) is 2.80. The number of thioether (sulfide) groups is 1. The summed E-state index contributed by atoms with van der Waals surface area (Å²) in [5.41, 5.74) is 1.33. The van der Waals surface area contributed by atoms with Crippen LogP contribution >= 0.6 is 34.4 Å². The van der Waals surface area contributed by atoms with Crippen LogP contribution in [0.25, 0.3) is 0 Å². The fourth-order valence-corrected chi connectivity index (χ4v) is 2.97. The summed E-state index contributed by atoms with van der Waals surface area (Å²) in [5.74, 6) is 0. The fourth-order valence-electron chi connectivity index (χ4n) is 0.791. The second kappa shape index (κ2) is 3.17. The molecule has 10 heavy (non-hydrogen) atoms. The Labute approximate surface area is 79.7 Å². The van der Waals surface area contributed by atoms with Gasteiger partial charge in [-0.25, -0.2) is 0 Å². The molecule has 0 aromatic heterocycles. The van der Waals surface area contributed by atoms with Gasteiger partial charge in [0.1, 0.15) is 3.38 Å². The molecule has 0 amide bonds. The minimum atomic E-state index is 0.547. The van der Waals surface area contributed by atoms with Crippen LogP contribution in [0, 0.1) is 0 Å². The molecule has 0 N–H and O–H groups in total. The van der Waals surface area contributed by atoms with Crippen LogP contribution in [-0.4, -0.2) is 15.3 Å². The lowest BCUT2D eigenvalue weighted by Gasteiger charge is -2.16. The van der Waals surface area contributed by atoms with Crippen molar-refractivity contribution in [1.82, 2.24) is 4.90 Å². The Kier molecular flexibility index (Phi) is 2.68. The third-order valence-corrected chi connectivity index (χ3v) is 4.42. The van der Waals surface area contributed by atoms with Crippen molar-refractivity contribution in [2.75, 3.05) is 7.05 Å². The predicted molar refractivity (Wildman–Crippen MR) is 56.1 cm³/mol. The lowest BCUT2D eigenvalue weighted by Crippen LogP contribution is -2.16. The molecule has 1 heterocycles. The molecule has 0 saturated heterocycles. The van der Waals surface area contributed by atoms with Crippen molar-refractivity contribution in [3.05, 3.63) is 23.3 Å². The van der Waals surface area contributed by atoms with Crippen LogP contribution < -0.4 is 0 Å². The number of alkyl halides is 1. The maximum absolute atomic E-state index is 3.75. The molecular weight excluding hydrogens is 257 g/mol. The van der Waals surface area contributed by atoms with Crippen LogP contribution in [-0.2, 0) is 0 Å². The van der Waals surface area contributed by atoms with Crippen LogP contribution in [0.3, 0.4) is 0 Å². The number of allylic oxidation sites excluding steroid dienone is 2. The van der Waals surface area contributed by atoms with Gasteiger partial charge in [-0.1, -0.05) is 24.4 Å². The average molecular weight is 267 g/mol. The molecule has 0 spiro atoms. The Hall–Kier alpha value is 0.360. The molecule has 3 heteroatoms. The lowest BCUT2D eigenvalue weighted by molar-refractivity contribution is 0.490. The fraction of sp³-hybridized carbons (Fsp3) is 0.429. The van der Waals surface area contributed by atoms with Crippen LogP contribution in [0.15, 0.2) is 23.3 Å². The van der Waals surface area contributed by atoms with E-state index < -0.39 is 0 Å². The second-order valence-corrected chi connectivity index (χ2v) is 5.32. The summed E-state index contributed by atoms with van der Waals surface area (Å²) in [7, 11) is 2.11. The van der Waals surface area contributed by atoms with E-state index in [1.165, 1.54) is 10.6 Å². The van der Waals surface area contributed by atoms with Gasteiger partial charge < -0.3 is 4.90 Å². The minimum absolute atomic E-state index is 0.547. The van der Waals surface area contributed by atoms with Crippen molar-refractivity contribution >= 4 is 34.4 Å². The summed E-state index contributed by atoms with van der Waals surface area (Å²) in [6, 6.07) is 0. The minimum Gasteiger partial charge on any atom is -0.357 e. The topological polar surface area (TPSA) is 3.24 Å². The first-order valence-corrected chi connectivity index (χ1v) is 5.16. The normalized spacial score (nSPS) is 25.9. The number of rotatable bonds is 1. The maximum atomic E-state index is 3.75. The zero-order valence-electron chi connectivity index (χ0n) is 6.10. The van der Waals surface area contributed by atoms with Crippen molar-refractivity contribution in [1.29, 1.82) is 0 Å². The number of hydrogen-bond acceptors (Lipinski definition) is 2. The molecule has 1 atom stereocenters. The Balaban J connectivity index is 2.83. The van der Waals surface area contributed by atoms with Gasteiger partial charge in [-0.15, -0.1) is 0 Å². The molecule has 1 aliphatic heterocycles. The number of hydrogen-bond donors (Lipinski definition) is 0. The van der Waals surface area contributed by atoms with Gasteiger partial charge in [0.15, 0.2) is 0 Å². The smallest absolute Gasteiger partial charge is 0.131 e. The molecule has 0 radical (unpaired) electrons. The average Bonchev–Trinajstić information content (AvgIpc) is 2.17. The number of nitrogens with zero attached hydrogens (tertiary/aromatic N) is 1. The van der Waals surface area contributed by atoms with Crippen LogP contribution in [0.4, 0.5) is 0 Å². The molecule has 0 aromatic rings. The standard InChI is InChI=1S/C7H10INS/c1-4-6-5(2)9(3)7(8)10-6/h4,7H,1H2,2-3H3. The van der Waals surface area contributed by atoms with Gasteiger partial charge in [-0.2, -0.15) is 0 Å². The molecule has 1 nitrogen and oxygen atoms in total. The van der Waals surface area contributed by atoms with E-state index in [4.69, 9.17) is 0 Å². The lowest BCUT2D eigenvalue weighted by atomic mass is 10.4. The van der Waals surface area contributed by atoms with E-state index in [0.29, 0.717) is 3.38 Å². The first-order valence-electron chi connectivity index (χ1n) is 3.03. The molecule has 1 rings (SSSR count). The summed E-state index contributed by atoms with van der Waals surface area (Å²) >= 11 is 4.27. The summed E-state index contributed by atoms with van der Waals surface area (Å²) in [6.07, 6.45) is 1.93. The van der Waals surface area contributed by atoms with Gasteiger partial charge in [0, 0.05) is 17.6 Å². The van der Waals surface area contributed by atoms with Gasteiger partial charge in [-0.3, -0.25) is 0 Å². The van der Waals surface area contributed by atoms with E-state index in [1.807, 2.05) is 17.8 Å². The second-order valence-electron chi connectivity index (χ2n) is 2.17. The molecule has 56 valence electrons. The van der Waals surface area contributed by atoms with Crippen molar-refractivity contribution < 1.29 is 0 Å².